The summed E-state index contributed by atoms with van der Waals surface area (Å²) in [5, 5.41) is 0. The summed E-state index contributed by atoms with van der Waals surface area (Å²) in [6.07, 6.45) is 0. The maximum atomic E-state index is 6.73. The highest BCUT2D eigenvalue weighted by Crippen LogP contribution is 2.37. The summed E-state index contributed by atoms with van der Waals surface area (Å²) in [5.41, 5.74) is 0. The molecule has 0 bridgehead atoms. The molecule has 0 unspecified atom stereocenters. The zero-order valence-corrected chi connectivity index (χ0v) is 51.3. The van der Waals surface area contributed by atoms with Crippen molar-refractivity contribution in [2.45, 2.75) is 134 Å². The third kappa shape index (κ3) is 21.3. The minimum atomic E-state index is -2.75. The predicted molar refractivity (Wildman–Crippen MR) is 251 cm³/mol. The van der Waals surface area contributed by atoms with Gasteiger partial charge in [0, 0.05) is 88.7 Å². The first-order valence-corrected chi connectivity index (χ1v) is 48.1. The zero-order chi connectivity index (χ0) is 45.1. The van der Waals surface area contributed by atoms with Gasteiger partial charge >= 0.3 is 69.5 Å². The molecule has 0 radical (unpaired) electrons. The van der Waals surface area contributed by atoms with Crippen LogP contribution in [0.3, 0.4) is 0 Å². The maximum absolute atomic E-state index is 6.73. The summed E-state index contributed by atoms with van der Waals surface area (Å²) in [5.74, 6) is 0. The molecule has 1 aliphatic rings. The summed E-state index contributed by atoms with van der Waals surface area (Å²) < 4.78 is 96.8. The molecule has 0 spiro atoms. The average Bonchev–Trinajstić information content (AvgIpc) is 3.04. The lowest BCUT2D eigenvalue weighted by molar-refractivity contribution is 0.123. The molecule has 57 heavy (non-hydrogen) atoms. The Kier molecular flexibility index (Phi) is 23.8. The minimum Gasteiger partial charge on any atom is -0.417 e. The van der Waals surface area contributed by atoms with Crippen LogP contribution in [0.25, 0.3) is 0 Å². The van der Waals surface area contributed by atoms with Crippen LogP contribution in [-0.2, 0) is 68.6 Å². The van der Waals surface area contributed by atoms with Gasteiger partial charge in [-0.1, -0.05) is 0 Å². The minimum absolute atomic E-state index is 0.604. The maximum Gasteiger partial charge on any atom is 0.500 e. The van der Waals surface area contributed by atoms with E-state index >= 15 is 0 Å². The molecule has 1 aliphatic heterocycles. The number of rotatable bonds is 24. The Hall–Kier alpha value is 1.75. The van der Waals surface area contributed by atoms with E-state index < -0.39 is 94.4 Å². The molecule has 1 heterocycles. The summed E-state index contributed by atoms with van der Waals surface area (Å²) in [6, 6.07) is 4.15. The molecule has 1 fully saturated rings. The molecule has 0 atom stereocenters. The Bertz CT molecular complexity index is 1060. The molecule has 0 aliphatic carbocycles. The normalized spacial score (nSPS) is 22.7. The summed E-state index contributed by atoms with van der Waals surface area (Å²) >= 11 is 0. The van der Waals surface area contributed by atoms with E-state index in [-0.39, 0.29) is 0 Å². The summed E-state index contributed by atoms with van der Waals surface area (Å²) in [6.45, 7) is 31.9. The molecule has 1 rings (SSSR count). The van der Waals surface area contributed by atoms with Gasteiger partial charge in [0.25, 0.3) is 0 Å². The lowest BCUT2D eigenvalue weighted by atomic mass is 10.9. The van der Waals surface area contributed by atoms with Gasteiger partial charge in [-0.25, -0.2) is 0 Å². The van der Waals surface area contributed by atoms with Crippen molar-refractivity contribution in [3.05, 3.63) is 0 Å². The molecule has 0 saturated carbocycles. The van der Waals surface area contributed by atoms with Crippen molar-refractivity contribution in [2.75, 3.05) is 64.0 Å². The third-order valence-corrected chi connectivity index (χ3v) is 48.7. The summed E-state index contributed by atoms with van der Waals surface area (Å²) in [7, 11) is -12.2. The van der Waals surface area contributed by atoms with E-state index in [0.29, 0.717) is 24.2 Å². The van der Waals surface area contributed by atoms with Gasteiger partial charge in [-0.3, -0.25) is 0 Å². The largest absolute Gasteiger partial charge is 0.500 e. The second-order valence-electron chi connectivity index (χ2n) is 18.0. The zero-order valence-electron chi connectivity index (χ0n) is 40.3. The Morgan fingerprint density at radius 2 is 0.596 bits per heavy atom. The van der Waals surface area contributed by atoms with E-state index in [9.17, 15) is 0 Å². The van der Waals surface area contributed by atoms with Gasteiger partial charge < -0.3 is 68.6 Å². The van der Waals surface area contributed by atoms with E-state index in [1.54, 1.807) is 64.0 Å². The standard InChI is InChI=1S/C16H44O10Si6.C14H40O6Si5/c1-17-31(18-2,19-3)15-13-29(11)23-27(7,8)25-30(12,26-28(9,10)24-29)14-16-32(20-4,21-5)22-6;1-15-25(16-2,17-3)14-13-23(10,11)20-24(12,18-21(4,5)6)19-22(7,8)9/h13-16H2,1-12H3;13-14H2,1-12H3. The molecule has 0 N–H and O–H groups in total. The molecule has 16 nitrogen and oxygen atoms in total. The van der Waals surface area contributed by atoms with E-state index in [1.807, 2.05) is 0 Å². The molecule has 344 valence electrons. The van der Waals surface area contributed by atoms with Crippen LogP contribution >= 0.6 is 0 Å². The molecule has 0 aromatic carbocycles. The monoisotopic (exact) mass is 1010 g/mol. The van der Waals surface area contributed by atoms with Crippen molar-refractivity contribution in [3.8, 4) is 0 Å². The van der Waals surface area contributed by atoms with Crippen LogP contribution in [0.4, 0.5) is 0 Å². The van der Waals surface area contributed by atoms with Gasteiger partial charge in [0.2, 0.25) is 0 Å². The van der Waals surface area contributed by atoms with Gasteiger partial charge in [-0.05, 0) is 110 Å². The first kappa shape index (κ1) is 58.7. The first-order chi connectivity index (χ1) is 25.6. The fourth-order valence-electron chi connectivity index (χ4n) is 6.98. The van der Waals surface area contributed by atoms with Crippen LogP contribution in [0.5, 0.6) is 0 Å². The molecular formula is C30H84O16Si11. The van der Waals surface area contributed by atoms with Crippen LogP contribution in [0.2, 0.25) is 134 Å². The highest BCUT2D eigenvalue weighted by atomic mass is 28.5. The first-order valence-electron chi connectivity index (χ1n) is 19.5. The Morgan fingerprint density at radius 1 is 0.351 bits per heavy atom. The lowest BCUT2D eigenvalue weighted by Crippen LogP contribution is -2.66. The Morgan fingerprint density at radius 3 is 0.825 bits per heavy atom. The molecule has 27 heteroatoms. The van der Waals surface area contributed by atoms with Gasteiger partial charge in [0.1, 0.15) is 0 Å². The third-order valence-electron chi connectivity index (χ3n) is 8.89. The Balaban J connectivity index is 0.00000114. The van der Waals surface area contributed by atoms with Crippen molar-refractivity contribution in [1.29, 1.82) is 0 Å². The van der Waals surface area contributed by atoms with E-state index in [1.165, 1.54) is 0 Å². The Labute approximate surface area is 359 Å². The van der Waals surface area contributed by atoms with E-state index in [4.69, 9.17) is 68.6 Å². The van der Waals surface area contributed by atoms with Crippen molar-refractivity contribution >= 4 is 94.4 Å². The average molecular weight is 1010 g/mol. The van der Waals surface area contributed by atoms with Crippen LogP contribution < -0.4 is 0 Å². The number of hydrogen-bond donors (Lipinski definition) is 0. The summed E-state index contributed by atoms with van der Waals surface area (Å²) in [4.78, 5) is 0. The van der Waals surface area contributed by atoms with Gasteiger partial charge in [0.05, 0.1) is 0 Å². The molecule has 0 aromatic heterocycles. The highest BCUT2D eigenvalue weighted by molar-refractivity contribution is 6.94. The van der Waals surface area contributed by atoms with Crippen molar-refractivity contribution in [3.63, 3.8) is 0 Å². The fraction of sp³-hybridized carbons (Fsp3) is 1.00. The topological polar surface area (TPSA) is 148 Å². The van der Waals surface area contributed by atoms with Crippen molar-refractivity contribution in [2.24, 2.45) is 0 Å². The molecule has 0 amide bonds. The van der Waals surface area contributed by atoms with Crippen molar-refractivity contribution in [1.82, 2.24) is 0 Å². The van der Waals surface area contributed by atoms with E-state index in [2.05, 4.69) is 98.2 Å². The highest BCUT2D eigenvalue weighted by Gasteiger charge is 2.56. The van der Waals surface area contributed by atoms with Crippen LogP contribution in [0, 0.1) is 0 Å². The predicted octanol–water partition coefficient (Wildman–Crippen LogP) is 7.73. The number of hydrogen-bond acceptors (Lipinski definition) is 16. The van der Waals surface area contributed by atoms with Crippen molar-refractivity contribution < 1.29 is 68.6 Å². The second kappa shape index (κ2) is 23.1. The molecule has 1 saturated heterocycles. The van der Waals surface area contributed by atoms with Gasteiger partial charge in [-0.2, -0.15) is 0 Å². The fourth-order valence-corrected chi connectivity index (χ4v) is 55.4. The lowest BCUT2D eigenvalue weighted by Gasteiger charge is -2.49. The SMILES string of the molecule is CO[Si](CC[Si](C)(C)O[Si](C)(O[Si](C)(C)C)O[Si](C)(C)C)(OC)OC.CO[Si](CC[Si]1(C)O[Si](C)(C)O[Si](C)(CC[Si](OC)(OC)OC)O[Si](C)(C)O1)(OC)OC. The second-order valence-corrected chi connectivity index (χ2v) is 58.3. The van der Waals surface area contributed by atoms with Crippen LogP contribution in [-0.4, -0.2) is 158 Å². The quantitative estimate of drug-likeness (QED) is 0.0869. The molecule has 0 aromatic rings. The van der Waals surface area contributed by atoms with Crippen LogP contribution in [0.1, 0.15) is 0 Å². The molecular weight excluding hydrogens is 925 g/mol. The van der Waals surface area contributed by atoms with E-state index in [0.717, 1.165) is 12.1 Å². The van der Waals surface area contributed by atoms with Gasteiger partial charge in [0.15, 0.2) is 25.0 Å². The smallest absolute Gasteiger partial charge is 0.417 e. The van der Waals surface area contributed by atoms with Gasteiger partial charge in [-0.15, -0.1) is 0 Å². The van der Waals surface area contributed by atoms with Crippen LogP contribution in [0.15, 0.2) is 0 Å².